The molecule has 2 heteroatoms. The molecule has 0 radical (unpaired) electrons. The monoisotopic (exact) mass is 248 g/mol. The molecule has 18 heavy (non-hydrogen) atoms. The molecular weight excluding hydrogens is 220 g/mol. The Morgan fingerprint density at radius 3 is 3.11 bits per heavy atom. The largest absolute Gasteiger partial charge is 0.313 e. The Hall–Kier alpha value is -0.340. The average molecular weight is 248 g/mol. The lowest BCUT2D eigenvalue weighted by atomic mass is 9.71. The fraction of sp³-hybridized carbons (Fsp3) is 0.875. The van der Waals surface area contributed by atoms with E-state index in [1.165, 1.54) is 58.2 Å². The Morgan fingerprint density at radius 1 is 1.33 bits per heavy atom. The molecule has 1 saturated carbocycles. The fourth-order valence-electron chi connectivity index (χ4n) is 4.01. The molecule has 2 fully saturated rings. The van der Waals surface area contributed by atoms with Gasteiger partial charge in [0.2, 0.25) is 0 Å². The second kappa shape index (κ2) is 5.75. The lowest BCUT2D eigenvalue weighted by Crippen LogP contribution is -2.48. The second-order valence-corrected chi connectivity index (χ2v) is 6.53. The lowest BCUT2D eigenvalue weighted by Gasteiger charge is -2.41. The fourth-order valence-corrected chi connectivity index (χ4v) is 4.01. The van der Waals surface area contributed by atoms with E-state index in [2.05, 4.69) is 29.3 Å². The van der Waals surface area contributed by atoms with E-state index in [-0.39, 0.29) is 0 Å². The minimum Gasteiger partial charge on any atom is -0.313 e. The minimum absolute atomic E-state index is 0.799. The van der Waals surface area contributed by atoms with Crippen LogP contribution >= 0.6 is 0 Å². The quantitative estimate of drug-likeness (QED) is 0.594. The van der Waals surface area contributed by atoms with Gasteiger partial charge in [0, 0.05) is 12.1 Å². The number of nitrogens with one attached hydrogen (secondary N) is 1. The smallest absolute Gasteiger partial charge is 0.0136 e. The summed E-state index contributed by atoms with van der Waals surface area (Å²) in [6.07, 6.45) is 13.2. The zero-order valence-electron chi connectivity index (χ0n) is 11.8. The third kappa shape index (κ3) is 2.65. The standard InChI is InChI=1S/C16H28N2/c1-13-6-2-3-10-18(13)11-5-9-17-16-12-14-7-4-8-15(14)16/h4,8,13-17H,2-3,5-7,9-12H2,1H3. The summed E-state index contributed by atoms with van der Waals surface area (Å²) in [4.78, 5) is 2.68. The topological polar surface area (TPSA) is 15.3 Å². The van der Waals surface area contributed by atoms with Crippen molar-refractivity contribution in [3.8, 4) is 0 Å². The molecule has 2 nitrogen and oxygen atoms in total. The first kappa shape index (κ1) is 12.7. The van der Waals surface area contributed by atoms with E-state index in [0.717, 1.165) is 23.9 Å². The Morgan fingerprint density at radius 2 is 2.28 bits per heavy atom. The number of hydrogen-bond donors (Lipinski definition) is 1. The average Bonchev–Trinajstić information content (AvgIpc) is 2.73. The van der Waals surface area contributed by atoms with Gasteiger partial charge in [-0.05, 0) is 70.5 Å². The van der Waals surface area contributed by atoms with Gasteiger partial charge >= 0.3 is 0 Å². The molecule has 0 bridgehead atoms. The zero-order valence-corrected chi connectivity index (χ0v) is 11.8. The van der Waals surface area contributed by atoms with Crippen LogP contribution < -0.4 is 5.32 Å². The summed E-state index contributed by atoms with van der Waals surface area (Å²) in [5.74, 6) is 1.86. The molecule has 0 aromatic heterocycles. The van der Waals surface area contributed by atoms with Gasteiger partial charge in [0.25, 0.3) is 0 Å². The van der Waals surface area contributed by atoms with Crippen LogP contribution in [-0.4, -0.2) is 36.6 Å². The molecule has 1 heterocycles. The van der Waals surface area contributed by atoms with Gasteiger partial charge in [-0.2, -0.15) is 0 Å². The molecule has 3 rings (SSSR count). The van der Waals surface area contributed by atoms with Crippen molar-refractivity contribution in [1.29, 1.82) is 0 Å². The Kier molecular flexibility index (Phi) is 4.05. The molecule has 2 aliphatic carbocycles. The van der Waals surface area contributed by atoms with E-state index < -0.39 is 0 Å². The molecule has 0 spiro atoms. The third-order valence-corrected chi connectivity index (χ3v) is 5.33. The molecule has 1 N–H and O–H groups in total. The van der Waals surface area contributed by atoms with E-state index in [1.807, 2.05) is 0 Å². The van der Waals surface area contributed by atoms with Gasteiger partial charge in [0.05, 0.1) is 0 Å². The first-order valence-electron chi connectivity index (χ1n) is 7.98. The highest BCUT2D eigenvalue weighted by Crippen LogP contribution is 2.42. The molecule has 0 amide bonds. The predicted octanol–water partition coefficient (Wildman–Crippen LogP) is 2.81. The van der Waals surface area contributed by atoms with Crippen molar-refractivity contribution in [3.05, 3.63) is 12.2 Å². The summed E-state index contributed by atoms with van der Waals surface area (Å²) in [6.45, 7) is 6.24. The highest BCUT2D eigenvalue weighted by molar-refractivity contribution is 5.12. The minimum atomic E-state index is 0.799. The maximum Gasteiger partial charge on any atom is 0.0136 e. The van der Waals surface area contributed by atoms with Gasteiger partial charge in [-0.25, -0.2) is 0 Å². The number of hydrogen-bond acceptors (Lipinski definition) is 2. The Labute approximate surface area is 112 Å². The first-order valence-corrected chi connectivity index (χ1v) is 7.98. The number of piperidine rings is 1. The SMILES string of the molecule is CC1CCCCN1CCCNC1CC2CC=CC21. The number of nitrogens with zero attached hydrogens (tertiary/aromatic N) is 1. The molecule has 4 unspecified atom stereocenters. The Balaban J connectivity index is 1.30. The summed E-state index contributed by atoms with van der Waals surface area (Å²) in [7, 11) is 0. The first-order chi connectivity index (χ1) is 8.84. The van der Waals surface area contributed by atoms with E-state index in [4.69, 9.17) is 0 Å². The van der Waals surface area contributed by atoms with Crippen molar-refractivity contribution in [1.82, 2.24) is 10.2 Å². The Bertz CT molecular complexity index is 299. The highest BCUT2D eigenvalue weighted by atomic mass is 15.2. The molecule has 0 aromatic rings. The number of likely N-dealkylation sites (tertiary alicyclic amines) is 1. The molecule has 0 aromatic carbocycles. The molecule has 1 aliphatic heterocycles. The van der Waals surface area contributed by atoms with Gasteiger partial charge in [0.1, 0.15) is 0 Å². The maximum absolute atomic E-state index is 3.77. The number of allylic oxidation sites excluding steroid dienone is 1. The zero-order chi connectivity index (χ0) is 12.4. The molecule has 4 atom stereocenters. The van der Waals surface area contributed by atoms with Gasteiger partial charge in [-0.3, -0.25) is 0 Å². The van der Waals surface area contributed by atoms with Gasteiger partial charge in [0.15, 0.2) is 0 Å². The molecular formula is C16H28N2. The van der Waals surface area contributed by atoms with Crippen LogP contribution in [0.2, 0.25) is 0 Å². The van der Waals surface area contributed by atoms with Crippen molar-refractivity contribution in [2.45, 2.75) is 57.5 Å². The van der Waals surface area contributed by atoms with E-state index >= 15 is 0 Å². The van der Waals surface area contributed by atoms with Crippen LogP contribution in [0.4, 0.5) is 0 Å². The summed E-state index contributed by atoms with van der Waals surface area (Å²) in [5.41, 5.74) is 0. The van der Waals surface area contributed by atoms with Crippen LogP contribution in [0.15, 0.2) is 12.2 Å². The molecule has 1 saturated heterocycles. The summed E-state index contributed by atoms with van der Waals surface area (Å²) < 4.78 is 0. The van der Waals surface area contributed by atoms with Crippen LogP contribution in [0.25, 0.3) is 0 Å². The normalized spacial score (nSPS) is 39.6. The van der Waals surface area contributed by atoms with Crippen molar-refractivity contribution in [2.75, 3.05) is 19.6 Å². The summed E-state index contributed by atoms with van der Waals surface area (Å²) in [5, 5.41) is 3.77. The molecule has 102 valence electrons. The summed E-state index contributed by atoms with van der Waals surface area (Å²) in [6, 6.07) is 1.62. The van der Waals surface area contributed by atoms with Gasteiger partial charge < -0.3 is 10.2 Å². The van der Waals surface area contributed by atoms with Crippen molar-refractivity contribution >= 4 is 0 Å². The summed E-state index contributed by atoms with van der Waals surface area (Å²) >= 11 is 0. The highest BCUT2D eigenvalue weighted by Gasteiger charge is 2.40. The lowest BCUT2D eigenvalue weighted by molar-refractivity contribution is 0.145. The number of fused-ring (bicyclic) bond motifs is 1. The van der Waals surface area contributed by atoms with E-state index in [9.17, 15) is 0 Å². The van der Waals surface area contributed by atoms with Crippen molar-refractivity contribution in [3.63, 3.8) is 0 Å². The van der Waals surface area contributed by atoms with Crippen molar-refractivity contribution in [2.24, 2.45) is 11.8 Å². The second-order valence-electron chi connectivity index (χ2n) is 6.53. The van der Waals surface area contributed by atoms with Crippen LogP contribution in [0, 0.1) is 11.8 Å². The van der Waals surface area contributed by atoms with Crippen LogP contribution in [0.3, 0.4) is 0 Å². The van der Waals surface area contributed by atoms with Crippen LogP contribution in [0.1, 0.15) is 45.4 Å². The maximum atomic E-state index is 3.77. The van der Waals surface area contributed by atoms with Gasteiger partial charge in [-0.1, -0.05) is 18.6 Å². The van der Waals surface area contributed by atoms with Crippen LogP contribution in [-0.2, 0) is 0 Å². The molecule has 3 aliphatic rings. The third-order valence-electron chi connectivity index (χ3n) is 5.33. The predicted molar refractivity (Wildman–Crippen MR) is 76.6 cm³/mol. The van der Waals surface area contributed by atoms with Crippen molar-refractivity contribution < 1.29 is 0 Å². The number of rotatable bonds is 5. The van der Waals surface area contributed by atoms with E-state index in [1.54, 1.807) is 0 Å². The van der Waals surface area contributed by atoms with E-state index in [0.29, 0.717) is 0 Å². The van der Waals surface area contributed by atoms with Gasteiger partial charge in [-0.15, -0.1) is 0 Å². The van der Waals surface area contributed by atoms with Crippen LogP contribution in [0.5, 0.6) is 0 Å².